The number of benzene rings is 1. The highest BCUT2D eigenvalue weighted by molar-refractivity contribution is 5.81. The van der Waals surface area contributed by atoms with E-state index >= 15 is 0 Å². The monoisotopic (exact) mass is 321 g/mol. The molecular formula is C21H27N3. The standard InChI is InChI=1S/C21H27N3/c1-16-8-9-21-18(12-16)19-15-23(2)11-5-7-20(19)24(21)14-17-6-3-4-10-22-13-17/h4,6,8-10,12-13,19-20H,3,5,7,11,14-15H2,1-2H3. The average molecular weight is 321 g/mol. The molecule has 3 aliphatic heterocycles. The summed E-state index contributed by atoms with van der Waals surface area (Å²) in [7, 11) is 2.27. The second-order valence-electron chi connectivity index (χ2n) is 7.45. The van der Waals surface area contributed by atoms with Gasteiger partial charge in [-0.1, -0.05) is 29.8 Å². The summed E-state index contributed by atoms with van der Waals surface area (Å²) in [5.41, 5.74) is 5.71. The molecule has 3 heterocycles. The van der Waals surface area contributed by atoms with Gasteiger partial charge in [-0.3, -0.25) is 4.99 Å². The summed E-state index contributed by atoms with van der Waals surface area (Å²) < 4.78 is 0. The van der Waals surface area contributed by atoms with Gasteiger partial charge >= 0.3 is 0 Å². The van der Waals surface area contributed by atoms with Crippen LogP contribution in [0.5, 0.6) is 0 Å². The second-order valence-corrected chi connectivity index (χ2v) is 7.45. The number of likely N-dealkylation sites (tertiary alicyclic amines) is 1. The summed E-state index contributed by atoms with van der Waals surface area (Å²) in [5, 5.41) is 0. The zero-order valence-electron chi connectivity index (χ0n) is 14.8. The molecule has 0 aliphatic carbocycles. The molecule has 3 nitrogen and oxygen atoms in total. The molecular weight excluding hydrogens is 294 g/mol. The second kappa shape index (κ2) is 6.56. The van der Waals surface area contributed by atoms with Crippen molar-refractivity contribution in [1.82, 2.24) is 4.90 Å². The van der Waals surface area contributed by atoms with Gasteiger partial charge in [0.2, 0.25) is 0 Å². The van der Waals surface area contributed by atoms with Crippen molar-refractivity contribution in [2.24, 2.45) is 4.99 Å². The minimum atomic E-state index is 0.622. The molecule has 126 valence electrons. The zero-order valence-corrected chi connectivity index (χ0v) is 14.8. The molecule has 0 radical (unpaired) electrons. The van der Waals surface area contributed by atoms with E-state index < -0.39 is 0 Å². The van der Waals surface area contributed by atoms with Gasteiger partial charge < -0.3 is 9.80 Å². The van der Waals surface area contributed by atoms with Crippen LogP contribution in [-0.4, -0.2) is 43.8 Å². The number of allylic oxidation sites excluding steroid dienone is 2. The maximum atomic E-state index is 4.39. The van der Waals surface area contributed by atoms with Gasteiger partial charge in [0.1, 0.15) is 0 Å². The Morgan fingerprint density at radius 3 is 3.12 bits per heavy atom. The molecule has 3 aliphatic rings. The molecule has 24 heavy (non-hydrogen) atoms. The first-order valence-electron chi connectivity index (χ1n) is 9.15. The van der Waals surface area contributed by atoms with Crippen LogP contribution < -0.4 is 4.90 Å². The first kappa shape index (κ1) is 15.6. The lowest BCUT2D eigenvalue weighted by molar-refractivity contribution is 0.330. The van der Waals surface area contributed by atoms with Crippen LogP contribution in [0.15, 0.2) is 47.1 Å². The molecule has 1 saturated heterocycles. The van der Waals surface area contributed by atoms with Crippen LogP contribution in [0.25, 0.3) is 0 Å². The minimum Gasteiger partial charge on any atom is -0.363 e. The highest BCUT2D eigenvalue weighted by atomic mass is 15.2. The Hall–Kier alpha value is -1.87. The lowest BCUT2D eigenvalue weighted by Gasteiger charge is -2.30. The molecule has 1 aromatic carbocycles. The van der Waals surface area contributed by atoms with Gasteiger partial charge in [0, 0.05) is 43.2 Å². The predicted octanol–water partition coefficient (Wildman–Crippen LogP) is 3.91. The lowest BCUT2D eigenvalue weighted by Crippen LogP contribution is -2.37. The van der Waals surface area contributed by atoms with Gasteiger partial charge in [-0.2, -0.15) is 0 Å². The average Bonchev–Trinajstić information content (AvgIpc) is 2.79. The summed E-state index contributed by atoms with van der Waals surface area (Å²) in [6.45, 7) is 5.58. The van der Waals surface area contributed by atoms with E-state index in [9.17, 15) is 0 Å². The van der Waals surface area contributed by atoms with Crippen LogP contribution in [0, 0.1) is 6.92 Å². The van der Waals surface area contributed by atoms with Crippen molar-refractivity contribution in [2.75, 3.05) is 31.6 Å². The van der Waals surface area contributed by atoms with Crippen LogP contribution in [0.2, 0.25) is 0 Å². The SMILES string of the molecule is Cc1ccc2c(c1)C1CN(C)CCCC1N2CC1=CCC=CN=C1. The summed E-state index contributed by atoms with van der Waals surface area (Å²) in [6, 6.07) is 7.64. The lowest BCUT2D eigenvalue weighted by atomic mass is 9.92. The number of anilines is 1. The summed E-state index contributed by atoms with van der Waals surface area (Å²) in [6.07, 6.45) is 11.9. The zero-order chi connectivity index (χ0) is 16.5. The number of hydrogen-bond acceptors (Lipinski definition) is 3. The fourth-order valence-electron chi connectivity index (χ4n) is 4.45. The first-order chi connectivity index (χ1) is 11.7. The normalized spacial score (nSPS) is 26.6. The molecule has 0 spiro atoms. The molecule has 4 rings (SSSR count). The van der Waals surface area contributed by atoms with Crippen molar-refractivity contribution in [2.45, 2.75) is 38.1 Å². The van der Waals surface area contributed by atoms with Gasteiger partial charge in [-0.05, 0) is 57.0 Å². The van der Waals surface area contributed by atoms with E-state index in [1.807, 2.05) is 12.4 Å². The van der Waals surface area contributed by atoms with Crippen molar-refractivity contribution in [3.8, 4) is 0 Å². The Bertz CT molecular complexity index is 701. The number of nitrogens with zero attached hydrogens (tertiary/aromatic N) is 3. The third-order valence-corrected chi connectivity index (χ3v) is 5.61. The number of likely N-dealkylation sites (N-methyl/N-ethyl adjacent to an activating group) is 1. The van der Waals surface area contributed by atoms with Crippen molar-refractivity contribution in [3.05, 3.63) is 53.3 Å². The topological polar surface area (TPSA) is 18.8 Å². The maximum absolute atomic E-state index is 4.39. The molecule has 0 N–H and O–H groups in total. The third kappa shape index (κ3) is 2.93. The number of rotatable bonds is 2. The van der Waals surface area contributed by atoms with Crippen LogP contribution in [-0.2, 0) is 0 Å². The van der Waals surface area contributed by atoms with Gasteiger partial charge in [0.25, 0.3) is 0 Å². The van der Waals surface area contributed by atoms with Crippen LogP contribution >= 0.6 is 0 Å². The minimum absolute atomic E-state index is 0.622. The number of aryl methyl sites for hydroxylation is 1. The van der Waals surface area contributed by atoms with E-state index in [0.29, 0.717) is 12.0 Å². The fraction of sp³-hybridized carbons (Fsp3) is 0.476. The molecule has 1 aromatic rings. The molecule has 0 aromatic heterocycles. The Labute approximate surface area is 145 Å². The van der Waals surface area contributed by atoms with Crippen molar-refractivity contribution < 1.29 is 0 Å². The Kier molecular flexibility index (Phi) is 4.28. The Morgan fingerprint density at radius 1 is 1.29 bits per heavy atom. The molecule has 1 fully saturated rings. The van der Waals surface area contributed by atoms with Crippen LogP contribution in [0.3, 0.4) is 0 Å². The highest BCUT2D eigenvalue weighted by Gasteiger charge is 2.39. The van der Waals surface area contributed by atoms with E-state index in [-0.39, 0.29) is 0 Å². The molecule has 2 unspecified atom stereocenters. The van der Waals surface area contributed by atoms with Crippen molar-refractivity contribution >= 4 is 11.9 Å². The van der Waals surface area contributed by atoms with Gasteiger partial charge in [0.15, 0.2) is 0 Å². The van der Waals surface area contributed by atoms with Crippen LogP contribution in [0.1, 0.15) is 36.3 Å². The van der Waals surface area contributed by atoms with E-state index in [2.05, 4.69) is 59.1 Å². The maximum Gasteiger partial charge on any atom is 0.0445 e. The van der Waals surface area contributed by atoms with Crippen molar-refractivity contribution in [1.29, 1.82) is 0 Å². The van der Waals surface area contributed by atoms with E-state index in [1.54, 1.807) is 5.56 Å². The fourth-order valence-corrected chi connectivity index (χ4v) is 4.45. The number of fused-ring (bicyclic) bond motifs is 3. The van der Waals surface area contributed by atoms with Gasteiger partial charge in [-0.25, -0.2) is 0 Å². The molecule has 2 atom stereocenters. The molecule has 3 heteroatoms. The van der Waals surface area contributed by atoms with Crippen molar-refractivity contribution in [3.63, 3.8) is 0 Å². The van der Waals surface area contributed by atoms with E-state index in [1.165, 1.54) is 42.8 Å². The predicted molar refractivity (Wildman–Crippen MR) is 102 cm³/mol. The van der Waals surface area contributed by atoms with Gasteiger partial charge in [-0.15, -0.1) is 0 Å². The summed E-state index contributed by atoms with van der Waals surface area (Å²) in [5.74, 6) is 0.633. The summed E-state index contributed by atoms with van der Waals surface area (Å²) in [4.78, 5) is 9.56. The largest absolute Gasteiger partial charge is 0.363 e. The molecule has 0 saturated carbocycles. The summed E-state index contributed by atoms with van der Waals surface area (Å²) >= 11 is 0. The number of aliphatic imine (C=N–C) groups is 1. The first-order valence-corrected chi connectivity index (χ1v) is 9.15. The molecule has 0 bridgehead atoms. The van der Waals surface area contributed by atoms with Gasteiger partial charge in [0.05, 0.1) is 0 Å². The molecule has 0 amide bonds. The smallest absolute Gasteiger partial charge is 0.0445 e. The Morgan fingerprint density at radius 2 is 2.21 bits per heavy atom. The van der Waals surface area contributed by atoms with E-state index in [4.69, 9.17) is 0 Å². The number of hydrogen-bond donors (Lipinski definition) is 0. The van der Waals surface area contributed by atoms with E-state index in [0.717, 1.165) is 13.0 Å². The highest BCUT2D eigenvalue weighted by Crippen LogP contribution is 2.44. The quantitative estimate of drug-likeness (QED) is 0.822. The Balaban J connectivity index is 1.69. The van der Waals surface area contributed by atoms with Crippen LogP contribution in [0.4, 0.5) is 5.69 Å². The third-order valence-electron chi connectivity index (χ3n) is 5.61.